The number of dihydropyridines is 1. The molecule has 0 saturated carbocycles. The zero-order valence-electron chi connectivity index (χ0n) is 15.9. The van der Waals surface area contributed by atoms with E-state index in [-0.39, 0.29) is 17.3 Å². The lowest BCUT2D eigenvalue weighted by Crippen LogP contribution is -2.30. The third-order valence-corrected chi connectivity index (χ3v) is 5.39. The van der Waals surface area contributed by atoms with Gasteiger partial charge in [-0.3, -0.25) is 4.99 Å². The van der Waals surface area contributed by atoms with Crippen molar-refractivity contribution in [2.45, 2.75) is 32.7 Å². The number of allylic oxidation sites excluding steroid dienone is 3. The maximum atomic E-state index is 13.5. The van der Waals surface area contributed by atoms with Crippen LogP contribution < -0.4 is 0 Å². The predicted molar refractivity (Wildman–Crippen MR) is 109 cm³/mol. The minimum Gasteiger partial charge on any atom is -0.478 e. The van der Waals surface area contributed by atoms with Gasteiger partial charge in [-0.25, -0.2) is 9.18 Å². The minimum atomic E-state index is -0.973. The summed E-state index contributed by atoms with van der Waals surface area (Å²) in [4.78, 5) is 17.2. The van der Waals surface area contributed by atoms with Crippen molar-refractivity contribution in [1.29, 1.82) is 0 Å². The van der Waals surface area contributed by atoms with Crippen LogP contribution in [-0.4, -0.2) is 22.8 Å². The summed E-state index contributed by atoms with van der Waals surface area (Å²) in [6, 6.07) is 13.8. The van der Waals surface area contributed by atoms with Gasteiger partial charge < -0.3 is 5.11 Å². The molecule has 1 aliphatic heterocycles. The van der Waals surface area contributed by atoms with Gasteiger partial charge in [-0.05, 0) is 42.0 Å². The molecular formula is C24H22FNO2. The van der Waals surface area contributed by atoms with Crippen molar-refractivity contribution in [1.82, 2.24) is 0 Å². The molecule has 3 nitrogen and oxygen atoms in total. The van der Waals surface area contributed by atoms with E-state index >= 15 is 0 Å². The van der Waals surface area contributed by atoms with Crippen molar-refractivity contribution in [2.24, 2.45) is 10.9 Å². The van der Waals surface area contributed by atoms with Crippen LogP contribution in [0.15, 0.2) is 70.7 Å². The maximum absolute atomic E-state index is 13.5. The number of aryl methyl sites for hydroxylation is 1. The number of benzene rings is 2. The first kappa shape index (κ1) is 18.4. The molecule has 4 rings (SSSR count). The lowest BCUT2D eigenvalue weighted by molar-refractivity contribution is -0.133. The first-order valence-electron chi connectivity index (χ1n) is 9.57. The molecule has 0 saturated heterocycles. The fourth-order valence-electron chi connectivity index (χ4n) is 4.08. The Balaban J connectivity index is 2.02. The van der Waals surface area contributed by atoms with E-state index in [0.717, 1.165) is 29.7 Å². The van der Waals surface area contributed by atoms with E-state index in [0.29, 0.717) is 11.1 Å². The number of halogens is 1. The van der Waals surface area contributed by atoms with Crippen molar-refractivity contribution in [3.8, 4) is 0 Å². The van der Waals surface area contributed by atoms with Crippen LogP contribution in [0.2, 0.25) is 0 Å². The van der Waals surface area contributed by atoms with Crippen LogP contribution in [0.5, 0.6) is 0 Å². The van der Waals surface area contributed by atoms with Crippen LogP contribution in [0.25, 0.3) is 5.57 Å². The van der Waals surface area contributed by atoms with Gasteiger partial charge in [0.25, 0.3) is 0 Å². The summed E-state index contributed by atoms with van der Waals surface area (Å²) in [5.41, 5.74) is 5.61. The first-order chi connectivity index (χ1) is 13.5. The molecule has 0 fully saturated rings. The van der Waals surface area contributed by atoms with Crippen molar-refractivity contribution < 1.29 is 14.3 Å². The number of aliphatic carboxylic acids is 1. The molecule has 142 valence electrons. The molecule has 28 heavy (non-hydrogen) atoms. The number of nitrogens with zero attached hydrogens (tertiary/aromatic N) is 1. The molecule has 0 spiro atoms. The van der Waals surface area contributed by atoms with Gasteiger partial charge in [-0.1, -0.05) is 56.3 Å². The van der Waals surface area contributed by atoms with Crippen molar-refractivity contribution in [2.75, 3.05) is 0 Å². The molecule has 0 amide bonds. The zero-order valence-corrected chi connectivity index (χ0v) is 15.9. The molecule has 1 atom stereocenters. The van der Waals surface area contributed by atoms with E-state index in [1.807, 2.05) is 26.0 Å². The van der Waals surface area contributed by atoms with Gasteiger partial charge in [-0.2, -0.15) is 0 Å². The number of carboxylic acid groups (broad SMARTS) is 1. The molecule has 4 heteroatoms. The van der Waals surface area contributed by atoms with Gasteiger partial charge in [0.05, 0.1) is 17.3 Å². The van der Waals surface area contributed by atoms with Crippen molar-refractivity contribution in [3.05, 3.63) is 88.3 Å². The third-order valence-electron chi connectivity index (χ3n) is 5.39. The summed E-state index contributed by atoms with van der Waals surface area (Å²) < 4.78 is 13.5. The van der Waals surface area contributed by atoms with Crippen LogP contribution in [0, 0.1) is 11.7 Å². The Morgan fingerprint density at radius 2 is 1.86 bits per heavy atom. The zero-order chi connectivity index (χ0) is 19.8. The lowest BCUT2D eigenvalue weighted by Gasteiger charge is -2.30. The minimum absolute atomic E-state index is 0.0195. The van der Waals surface area contributed by atoms with Crippen LogP contribution >= 0.6 is 0 Å². The van der Waals surface area contributed by atoms with Crippen LogP contribution in [0.3, 0.4) is 0 Å². The second-order valence-corrected chi connectivity index (χ2v) is 7.58. The number of fused-ring (bicyclic) bond motifs is 3. The van der Waals surface area contributed by atoms with E-state index in [1.54, 1.807) is 12.1 Å². The standard InChI is InChI=1S/C24H22FNO2/c1-14(2)22-21(24(27)28)20(16-10-12-17(25)13-11-16)19-9-5-7-15-6-3-4-8-18(15)23(19)26-22/h3-4,6,8-14,22H,5,7H2,1-2H3,(H,27,28). The monoisotopic (exact) mass is 375 g/mol. The Hall–Kier alpha value is -3.01. The second-order valence-electron chi connectivity index (χ2n) is 7.58. The Bertz CT molecular complexity index is 1030. The number of aliphatic imine (C=N–C) groups is 1. The molecule has 2 aliphatic rings. The fraction of sp³-hybridized carbons (Fsp3) is 0.250. The molecule has 0 radical (unpaired) electrons. The van der Waals surface area contributed by atoms with E-state index in [9.17, 15) is 14.3 Å². The van der Waals surface area contributed by atoms with E-state index in [4.69, 9.17) is 4.99 Å². The number of hydrogen-bond donors (Lipinski definition) is 1. The van der Waals surface area contributed by atoms with Crippen LogP contribution in [-0.2, 0) is 11.2 Å². The van der Waals surface area contributed by atoms with Crippen molar-refractivity contribution in [3.63, 3.8) is 0 Å². The highest BCUT2D eigenvalue weighted by Crippen LogP contribution is 2.40. The van der Waals surface area contributed by atoms with E-state index in [2.05, 4.69) is 18.2 Å². The average Bonchev–Trinajstić information content (AvgIpc) is 2.86. The van der Waals surface area contributed by atoms with Gasteiger partial charge in [0.15, 0.2) is 0 Å². The highest BCUT2D eigenvalue weighted by atomic mass is 19.1. The molecular weight excluding hydrogens is 353 g/mol. The summed E-state index contributed by atoms with van der Waals surface area (Å²) in [6.07, 6.45) is 3.76. The third kappa shape index (κ3) is 3.09. The highest BCUT2D eigenvalue weighted by Gasteiger charge is 2.36. The Kier molecular flexibility index (Phi) is 4.71. The lowest BCUT2D eigenvalue weighted by atomic mass is 9.80. The summed E-state index contributed by atoms with van der Waals surface area (Å²) in [5.74, 6) is -1.29. The summed E-state index contributed by atoms with van der Waals surface area (Å²) in [6.45, 7) is 3.97. The molecule has 1 unspecified atom stereocenters. The number of carbonyl (C=O) groups is 1. The average molecular weight is 375 g/mol. The fourth-order valence-corrected chi connectivity index (χ4v) is 4.08. The summed E-state index contributed by atoms with van der Waals surface area (Å²) in [7, 11) is 0. The SMILES string of the molecule is CC(C)C1N=C2C(=CCCc3ccccc32)C(c2ccc(F)cc2)=C1C(=O)O. The highest BCUT2D eigenvalue weighted by molar-refractivity contribution is 6.26. The Morgan fingerprint density at radius 1 is 1.14 bits per heavy atom. The molecule has 0 aromatic heterocycles. The van der Waals surface area contributed by atoms with Crippen LogP contribution in [0.1, 0.15) is 37.0 Å². The van der Waals surface area contributed by atoms with E-state index in [1.165, 1.54) is 17.7 Å². The van der Waals surface area contributed by atoms with Gasteiger partial charge in [-0.15, -0.1) is 0 Å². The quantitative estimate of drug-likeness (QED) is 0.815. The smallest absolute Gasteiger partial charge is 0.334 e. The molecule has 1 heterocycles. The topological polar surface area (TPSA) is 49.7 Å². The molecule has 2 aromatic rings. The van der Waals surface area contributed by atoms with Gasteiger partial charge in [0, 0.05) is 16.7 Å². The normalized spacial score (nSPS) is 18.8. The number of carboxylic acids is 1. The predicted octanol–water partition coefficient (Wildman–Crippen LogP) is 5.06. The van der Waals surface area contributed by atoms with Gasteiger partial charge in [0.1, 0.15) is 5.82 Å². The molecule has 1 N–H and O–H groups in total. The number of hydrogen-bond acceptors (Lipinski definition) is 2. The van der Waals surface area contributed by atoms with Crippen molar-refractivity contribution >= 4 is 17.3 Å². The molecule has 0 bridgehead atoms. The largest absolute Gasteiger partial charge is 0.478 e. The van der Waals surface area contributed by atoms with Crippen LogP contribution in [0.4, 0.5) is 4.39 Å². The summed E-state index contributed by atoms with van der Waals surface area (Å²) in [5, 5.41) is 10.1. The van der Waals surface area contributed by atoms with E-state index < -0.39 is 12.0 Å². The van der Waals surface area contributed by atoms with Gasteiger partial charge >= 0.3 is 5.97 Å². The molecule has 2 aromatic carbocycles. The second kappa shape index (κ2) is 7.19. The Labute approximate surface area is 163 Å². The molecule has 1 aliphatic carbocycles. The van der Waals surface area contributed by atoms with Gasteiger partial charge in [0.2, 0.25) is 0 Å². The Morgan fingerprint density at radius 3 is 2.54 bits per heavy atom. The first-order valence-corrected chi connectivity index (χ1v) is 9.57. The number of rotatable bonds is 3. The maximum Gasteiger partial charge on any atom is 0.334 e. The summed E-state index contributed by atoms with van der Waals surface area (Å²) >= 11 is 0.